The van der Waals surface area contributed by atoms with Gasteiger partial charge >= 0.3 is 0 Å². The van der Waals surface area contributed by atoms with Gasteiger partial charge in [-0.05, 0) is 24.3 Å². The number of benzene rings is 1. The molecule has 0 saturated carbocycles. The molecule has 0 spiro atoms. The fourth-order valence-electron chi connectivity index (χ4n) is 1.95. The van der Waals surface area contributed by atoms with Crippen LogP contribution in [0.3, 0.4) is 0 Å². The Hall–Kier alpha value is -1.15. The fraction of sp³-hybridized carbons (Fsp3) is 0.462. The van der Waals surface area contributed by atoms with Gasteiger partial charge in [0.25, 0.3) is 0 Å². The van der Waals surface area contributed by atoms with E-state index in [1.54, 1.807) is 0 Å². The Balaban J connectivity index is 3.10. The molecule has 0 heterocycles. The molecular weight excluding hydrogens is 186 g/mol. The van der Waals surface area contributed by atoms with Crippen LogP contribution in [0, 0.1) is 0 Å². The molecule has 0 amide bonds. The first-order valence-corrected chi connectivity index (χ1v) is 5.56. The number of rotatable bonds is 5. The second-order valence-electron chi connectivity index (χ2n) is 3.73. The smallest absolute Gasteiger partial charge is 0.176 e. The van der Waals surface area contributed by atoms with Crippen LogP contribution in [0.25, 0.3) is 0 Å². The zero-order valence-corrected chi connectivity index (χ0v) is 9.49. The van der Waals surface area contributed by atoms with Crippen LogP contribution in [0.15, 0.2) is 24.3 Å². The van der Waals surface area contributed by atoms with Crippen molar-refractivity contribution in [2.24, 2.45) is 5.73 Å². The Kier molecular flexibility index (Phi) is 4.50. The third kappa shape index (κ3) is 2.66. The lowest BCUT2D eigenvalue weighted by Gasteiger charge is -2.16. The lowest BCUT2D eigenvalue weighted by atomic mass is 9.88. The Bertz CT molecular complexity index is 329. The number of carbonyl (C=O) groups excluding carboxylic acids is 1. The first-order valence-electron chi connectivity index (χ1n) is 5.56. The van der Waals surface area contributed by atoms with E-state index in [2.05, 4.69) is 13.8 Å². The predicted molar refractivity (Wildman–Crippen MR) is 63.1 cm³/mol. The lowest BCUT2D eigenvalue weighted by Crippen LogP contribution is -2.16. The second-order valence-corrected chi connectivity index (χ2v) is 3.73. The highest BCUT2D eigenvalue weighted by molar-refractivity contribution is 5.99. The summed E-state index contributed by atoms with van der Waals surface area (Å²) < 4.78 is 0. The molecule has 0 fully saturated rings. The summed E-state index contributed by atoms with van der Waals surface area (Å²) in [4.78, 5) is 11.6. The maximum Gasteiger partial charge on any atom is 0.176 e. The second kappa shape index (κ2) is 5.66. The normalized spacial score (nSPS) is 10.7. The van der Waals surface area contributed by atoms with Crippen molar-refractivity contribution in [3.8, 4) is 0 Å². The minimum atomic E-state index is 0.0394. The van der Waals surface area contributed by atoms with Crippen molar-refractivity contribution >= 4 is 5.78 Å². The quantitative estimate of drug-likeness (QED) is 0.751. The predicted octanol–water partition coefficient (Wildman–Crippen LogP) is 2.73. The van der Waals surface area contributed by atoms with Crippen LogP contribution in [0.5, 0.6) is 0 Å². The molecule has 15 heavy (non-hydrogen) atoms. The fourth-order valence-corrected chi connectivity index (χ4v) is 1.95. The van der Waals surface area contributed by atoms with Gasteiger partial charge in [-0.15, -0.1) is 0 Å². The van der Waals surface area contributed by atoms with Crippen LogP contribution in [0.4, 0.5) is 0 Å². The van der Waals surface area contributed by atoms with Crippen molar-refractivity contribution in [1.29, 1.82) is 0 Å². The highest BCUT2D eigenvalue weighted by Crippen LogP contribution is 2.26. The van der Waals surface area contributed by atoms with E-state index in [-0.39, 0.29) is 12.3 Å². The zero-order valence-electron chi connectivity index (χ0n) is 9.49. The molecule has 2 nitrogen and oxygen atoms in total. The monoisotopic (exact) mass is 205 g/mol. The minimum Gasteiger partial charge on any atom is -0.324 e. The van der Waals surface area contributed by atoms with Gasteiger partial charge in [0.1, 0.15) is 0 Å². The molecule has 0 aliphatic rings. The van der Waals surface area contributed by atoms with Crippen molar-refractivity contribution in [1.82, 2.24) is 0 Å². The standard InChI is InChI=1S/C13H19NO/c1-3-10(4-2)11-7-5-6-8-12(11)13(15)9-14/h5-8,10H,3-4,9,14H2,1-2H3. The van der Waals surface area contributed by atoms with E-state index in [9.17, 15) is 4.79 Å². The molecule has 0 aliphatic carbocycles. The number of Topliss-reactive ketones (excluding diaryl/α,β-unsaturated/α-hetero) is 1. The number of carbonyl (C=O) groups is 1. The lowest BCUT2D eigenvalue weighted by molar-refractivity contribution is 0.1000. The van der Waals surface area contributed by atoms with Gasteiger partial charge in [0.15, 0.2) is 5.78 Å². The third-order valence-electron chi connectivity index (χ3n) is 2.87. The van der Waals surface area contributed by atoms with Gasteiger partial charge in [0, 0.05) is 5.56 Å². The van der Waals surface area contributed by atoms with Gasteiger partial charge in [-0.3, -0.25) is 4.79 Å². The first kappa shape index (κ1) is 11.9. The van der Waals surface area contributed by atoms with Crippen LogP contribution in [0.2, 0.25) is 0 Å². The van der Waals surface area contributed by atoms with Crippen molar-refractivity contribution in [2.45, 2.75) is 32.6 Å². The first-order chi connectivity index (χ1) is 7.24. The maximum atomic E-state index is 11.6. The summed E-state index contributed by atoms with van der Waals surface area (Å²) in [6.45, 7) is 4.40. The molecule has 2 heteroatoms. The number of hydrogen-bond acceptors (Lipinski definition) is 2. The molecule has 0 aromatic heterocycles. The molecule has 0 radical (unpaired) electrons. The molecule has 0 aliphatic heterocycles. The summed E-state index contributed by atoms with van der Waals surface area (Å²) in [5.74, 6) is 0.509. The summed E-state index contributed by atoms with van der Waals surface area (Å²) in [6, 6.07) is 7.80. The molecular formula is C13H19NO. The summed E-state index contributed by atoms with van der Waals surface area (Å²) in [5, 5.41) is 0. The van der Waals surface area contributed by atoms with Crippen LogP contribution < -0.4 is 5.73 Å². The Morgan fingerprint density at radius 3 is 2.40 bits per heavy atom. The van der Waals surface area contributed by atoms with Crippen LogP contribution in [-0.4, -0.2) is 12.3 Å². The van der Waals surface area contributed by atoms with Gasteiger partial charge in [0.05, 0.1) is 6.54 Å². The SMILES string of the molecule is CCC(CC)c1ccccc1C(=O)CN. The van der Waals surface area contributed by atoms with E-state index >= 15 is 0 Å². The largest absolute Gasteiger partial charge is 0.324 e. The summed E-state index contributed by atoms with van der Waals surface area (Å²) >= 11 is 0. The summed E-state index contributed by atoms with van der Waals surface area (Å²) in [6.07, 6.45) is 2.12. The minimum absolute atomic E-state index is 0.0394. The van der Waals surface area contributed by atoms with E-state index in [4.69, 9.17) is 5.73 Å². The van der Waals surface area contributed by atoms with Crippen molar-refractivity contribution in [3.63, 3.8) is 0 Å². The van der Waals surface area contributed by atoms with Gasteiger partial charge in [-0.25, -0.2) is 0 Å². The Morgan fingerprint density at radius 1 is 1.27 bits per heavy atom. The maximum absolute atomic E-state index is 11.6. The molecule has 1 aromatic carbocycles. The van der Waals surface area contributed by atoms with Crippen molar-refractivity contribution < 1.29 is 4.79 Å². The molecule has 1 aromatic rings. The Morgan fingerprint density at radius 2 is 1.87 bits per heavy atom. The number of ketones is 1. The topological polar surface area (TPSA) is 43.1 Å². The molecule has 0 bridgehead atoms. The highest BCUT2D eigenvalue weighted by Gasteiger charge is 2.14. The van der Waals surface area contributed by atoms with E-state index in [0.717, 1.165) is 24.0 Å². The van der Waals surface area contributed by atoms with Gasteiger partial charge in [-0.1, -0.05) is 38.1 Å². The van der Waals surface area contributed by atoms with E-state index in [0.29, 0.717) is 5.92 Å². The molecule has 1 rings (SSSR count). The van der Waals surface area contributed by atoms with E-state index in [1.807, 2.05) is 24.3 Å². The van der Waals surface area contributed by atoms with E-state index < -0.39 is 0 Å². The van der Waals surface area contributed by atoms with Crippen LogP contribution in [0.1, 0.15) is 48.5 Å². The van der Waals surface area contributed by atoms with Gasteiger partial charge < -0.3 is 5.73 Å². The number of hydrogen-bond donors (Lipinski definition) is 1. The van der Waals surface area contributed by atoms with Crippen LogP contribution in [-0.2, 0) is 0 Å². The average molecular weight is 205 g/mol. The summed E-state index contributed by atoms with van der Waals surface area (Å²) in [7, 11) is 0. The molecule has 2 N–H and O–H groups in total. The third-order valence-corrected chi connectivity index (χ3v) is 2.87. The van der Waals surface area contributed by atoms with Crippen molar-refractivity contribution in [3.05, 3.63) is 35.4 Å². The summed E-state index contributed by atoms with van der Waals surface area (Å²) in [5.41, 5.74) is 7.36. The van der Waals surface area contributed by atoms with Gasteiger partial charge in [0.2, 0.25) is 0 Å². The van der Waals surface area contributed by atoms with Gasteiger partial charge in [-0.2, -0.15) is 0 Å². The van der Waals surface area contributed by atoms with Crippen LogP contribution >= 0.6 is 0 Å². The zero-order chi connectivity index (χ0) is 11.3. The molecule has 0 atom stereocenters. The van der Waals surface area contributed by atoms with Crippen molar-refractivity contribution in [2.75, 3.05) is 6.54 Å². The molecule has 82 valence electrons. The average Bonchev–Trinajstić information content (AvgIpc) is 2.30. The number of nitrogens with two attached hydrogens (primary N) is 1. The molecule has 0 unspecified atom stereocenters. The Labute approximate surface area is 91.5 Å². The highest BCUT2D eigenvalue weighted by atomic mass is 16.1. The van der Waals surface area contributed by atoms with E-state index in [1.165, 1.54) is 0 Å². The molecule has 0 saturated heterocycles.